The molecule has 0 radical (unpaired) electrons. The standard InChI is InChI=1S/C25H28FN3O5/c1-3-27-23(30)13-18-9-10-20-22(34-18)14-33-21-11-8-17(12-19(21)25(32)29(20)2)28-24(31)15-4-6-16(26)7-5-15/h4-8,11-12,18,20,22H,3,9-10,13-14H2,1-2H3,(H,27,30)(H,28,31)/t18-,20-,22+/m1/s1. The molecule has 8 nitrogen and oxygen atoms in total. The Morgan fingerprint density at radius 1 is 1.15 bits per heavy atom. The lowest BCUT2D eigenvalue weighted by Gasteiger charge is -2.42. The SMILES string of the molecule is CCNC(=O)C[C@H]1CC[C@@H]2[C@H](COc3ccc(NC(=O)c4ccc(F)cc4)cc3C(=O)N2C)O1. The average Bonchev–Trinajstić information content (AvgIpc) is 2.82. The number of carbonyl (C=O) groups is 3. The van der Waals surface area contributed by atoms with Gasteiger partial charge in [-0.2, -0.15) is 0 Å². The molecule has 3 amide bonds. The summed E-state index contributed by atoms with van der Waals surface area (Å²) in [6.45, 7) is 2.68. The molecular formula is C25H28FN3O5. The van der Waals surface area contributed by atoms with E-state index in [1.54, 1.807) is 30.1 Å². The first-order valence-corrected chi connectivity index (χ1v) is 11.4. The van der Waals surface area contributed by atoms with Gasteiger partial charge in [0.05, 0.1) is 24.1 Å². The molecule has 0 bridgehead atoms. The number of halogens is 1. The molecule has 3 atom stereocenters. The van der Waals surface area contributed by atoms with Gasteiger partial charge in [-0.15, -0.1) is 0 Å². The van der Waals surface area contributed by atoms with E-state index in [4.69, 9.17) is 9.47 Å². The van der Waals surface area contributed by atoms with Crippen molar-refractivity contribution in [3.05, 3.63) is 59.4 Å². The highest BCUT2D eigenvalue weighted by molar-refractivity contribution is 6.05. The minimum absolute atomic E-state index is 0.0531. The molecule has 0 saturated carbocycles. The van der Waals surface area contributed by atoms with E-state index in [0.29, 0.717) is 42.0 Å². The Morgan fingerprint density at radius 2 is 1.91 bits per heavy atom. The van der Waals surface area contributed by atoms with E-state index in [1.165, 1.54) is 24.3 Å². The molecule has 180 valence electrons. The van der Waals surface area contributed by atoms with E-state index >= 15 is 0 Å². The summed E-state index contributed by atoms with van der Waals surface area (Å²) in [4.78, 5) is 39.4. The number of carbonyl (C=O) groups excluding carboxylic acids is 3. The van der Waals surface area contributed by atoms with Crippen LogP contribution in [0.3, 0.4) is 0 Å². The highest BCUT2D eigenvalue weighted by Crippen LogP contribution is 2.32. The van der Waals surface area contributed by atoms with Crippen LogP contribution in [0.2, 0.25) is 0 Å². The van der Waals surface area contributed by atoms with Crippen molar-refractivity contribution in [1.29, 1.82) is 0 Å². The molecule has 1 fully saturated rings. The topological polar surface area (TPSA) is 97.0 Å². The van der Waals surface area contributed by atoms with Crippen molar-refractivity contribution in [1.82, 2.24) is 10.2 Å². The molecule has 2 heterocycles. The Bertz CT molecular complexity index is 1070. The van der Waals surface area contributed by atoms with Crippen LogP contribution < -0.4 is 15.4 Å². The second kappa shape index (κ2) is 10.2. The minimum Gasteiger partial charge on any atom is -0.490 e. The molecule has 0 spiro atoms. The van der Waals surface area contributed by atoms with Crippen molar-refractivity contribution < 1.29 is 28.2 Å². The van der Waals surface area contributed by atoms with Crippen molar-refractivity contribution in [2.75, 3.05) is 25.5 Å². The van der Waals surface area contributed by atoms with Crippen molar-refractivity contribution in [3.8, 4) is 5.75 Å². The molecule has 9 heteroatoms. The van der Waals surface area contributed by atoms with Gasteiger partial charge in [0.15, 0.2) is 0 Å². The predicted octanol–water partition coefficient (Wildman–Crippen LogP) is 2.98. The number of ether oxygens (including phenoxy) is 2. The van der Waals surface area contributed by atoms with E-state index in [-0.39, 0.29) is 43.1 Å². The molecule has 2 N–H and O–H groups in total. The smallest absolute Gasteiger partial charge is 0.257 e. The highest BCUT2D eigenvalue weighted by atomic mass is 19.1. The maximum atomic E-state index is 13.3. The number of benzene rings is 2. The molecule has 0 aromatic heterocycles. The van der Waals surface area contributed by atoms with Gasteiger partial charge in [-0.3, -0.25) is 14.4 Å². The summed E-state index contributed by atoms with van der Waals surface area (Å²) in [5.74, 6) is -0.740. The summed E-state index contributed by atoms with van der Waals surface area (Å²) < 4.78 is 25.2. The van der Waals surface area contributed by atoms with Gasteiger partial charge in [0.2, 0.25) is 5.91 Å². The monoisotopic (exact) mass is 469 g/mol. The van der Waals surface area contributed by atoms with E-state index in [0.717, 1.165) is 0 Å². The molecule has 2 aromatic carbocycles. The van der Waals surface area contributed by atoms with Gasteiger partial charge in [0.1, 0.15) is 24.3 Å². The van der Waals surface area contributed by atoms with E-state index < -0.39 is 11.7 Å². The summed E-state index contributed by atoms with van der Waals surface area (Å²) in [6, 6.07) is 9.88. The fraction of sp³-hybridized carbons (Fsp3) is 0.400. The summed E-state index contributed by atoms with van der Waals surface area (Å²) in [6.07, 6.45) is 1.06. The van der Waals surface area contributed by atoms with Crippen LogP contribution in [0.25, 0.3) is 0 Å². The average molecular weight is 470 g/mol. The predicted molar refractivity (Wildman–Crippen MR) is 123 cm³/mol. The molecule has 2 aliphatic heterocycles. The molecule has 4 rings (SSSR count). The summed E-state index contributed by atoms with van der Waals surface area (Å²) >= 11 is 0. The molecular weight excluding hydrogens is 441 g/mol. The van der Waals surface area contributed by atoms with Crippen molar-refractivity contribution >= 4 is 23.4 Å². The molecule has 34 heavy (non-hydrogen) atoms. The number of fused-ring (bicyclic) bond motifs is 2. The normalized spacial score (nSPS) is 21.9. The largest absolute Gasteiger partial charge is 0.490 e. The van der Waals surface area contributed by atoms with Crippen molar-refractivity contribution in [2.45, 2.75) is 44.4 Å². The molecule has 2 aliphatic rings. The van der Waals surface area contributed by atoms with Crippen LogP contribution in [-0.4, -0.2) is 61.1 Å². The van der Waals surface area contributed by atoms with Crippen LogP contribution in [0, 0.1) is 5.82 Å². The fourth-order valence-electron chi connectivity index (χ4n) is 4.39. The zero-order valence-corrected chi connectivity index (χ0v) is 19.2. The first-order valence-electron chi connectivity index (χ1n) is 11.4. The first kappa shape index (κ1) is 23.7. The first-order chi connectivity index (χ1) is 16.4. The van der Waals surface area contributed by atoms with Gasteiger partial charge in [-0.05, 0) is 62.2 Å². The Balaban J connectivity index is 1.49. The van der Waals surface area contributed by atoms with Crippen molar-refractivity contribution in [3.63, 3.8) is 0 Å². The maximum Gasteiger partial charge on any atom is 0.257 e. The van der Waals surface area contributed by atoms with Gasteiger partial charge in [-0.1, -0.05) is 0 Å². The number of likely N-dealkylation sites (N-methyl/N-ethyl adjacent to an activating group) is 1. The number of rotatable bonds is 5. The molecule has 0 unspecified atom stereocenters. The third-order valence-corrected chi connectivity index (χ3v) is 6.16. The van der Waals surface area contributed by atoms with Crippen LogP contribution in [-0.2, 0) is 9.53 Å². The zero-order chi connectivity index (χ0) is 24.2. The molecule has 1 saturated heterocycles. The van der Waals surface area contributed by atoms with Crippen LogP contribution >= 0.6 is 0 Å². The quantitative estimate of drug-likeness (QED) is 0.702. The van der Waals surface area contributed by atoms with Crippen LogP contribution in [0.4, 0.5) is 10.1 Å². The number of hydrogen-bond acceptors (Lipinski definition) is 5. The lowest BCUT2D eigenvalue weighted by Crippen LogP contribution is -2.54. The zero-order valence-electron chi connectivity index (χ0n) is 19.2. The van der Waals surface area contributed by atoms with Crippen molar-refractivity contribution in [2.24, 2.45) is 0 Å². The Kier molecular flexibility index (Phi) is 7.12. The highest BCUT2D eigenvalue weighted by Gasteiger charge is 2.39. The van der Waals surface area contributed by atoms with Crippen LogP contribution in [0.5, 0.6) is 5.75 Å². The third-order valence-electron chi connectivity index (χ3n) is 6.16. The maximum absolute atomic E-state index is 13.3. The van der Waals surface area contributed by atoms with Gasteiger partial charge < -0.3 is 25.0 Å². The summed E-state index contributed by atoms with van der Waals surface area (Å²) in [5.41, 5.74) is 1.07. The second-order valence-electron chi connectivity index (χ2n) is 8.50. The van der Waals surface area contributed by atoms with Gasteiger partial charge in [0, 0.05) is 24.8 Å². The fourth-order valence-corrected chi connectivity index (χ4v) is 4.39. The summed E-state index contributed by atoms with van der Waals surface area (Å²) in [7, 11) is 1.73. The number of nitrogens with zero attached hydrogens (tertiary/aromatic N) is 1. The number of nitrogens with one attached hydrogen (secondary N) is 2. The molecule has 0 aliphatic carbocycles. The van der Waals surface area contributed by atoms with Gasteiger partial charge >= 0.3 is 0 Å². The number of amides is 3. The minimum atomic E-state index is -0.427. The van der Waals surface area contributed by atoms with Gasteiger partial charge in [-0.25, -0.2) is 4.39 Å². The Labute approximate surface area is 197 Å². The lowest BCUT2D eigenvalue weighted by atomic mass is 9.94. The Morgan fingerprint density at radius 3 is 2.65 bits per heavy atom. The number of hydrogen-bond donors (Lipinski definition) is 2. The second-order valence-corrected chi connectivity index (χ2v) is 8.50. The Hall–Kier alpha value is -3.46. The molecule has 2 aromatic rings. The number of anilines is 1. The van der Waals surface area contributed by atoms with E-state index in [1.807, 2.05) is 6.92 Å². The van der Waals surface area contributed by atoms with Crippen LogP contribution in [0.15, 0.2) is 42.5 Å². The summed E-state index contributed by atoms with van der Waals surface area (Å²) in [5, 5.41) is 5.53. The van der Waals surface area contributed by atoms with Gasteiger partial charge in [0.25, 0.3) is 11.8 Å². The van der Waals surface area contributed by atoms with E-state index in [2.05, 4.69) is 10.6 Å². The third kappa shape index (κ3) is 5.20. The van der Waals surface area contributed by atoms with E-state index in [9.17, 15) is 18.8 Å². The lowest BCUT2D eigenvalue weighted by molar-refractivity contribution is -0.133. The van der Waals surface area contributed by atoms with Crippen LogP contribution in [0.1, 0.15) is 46.9 Å².